The van der Waals surface area contributed by atoms with E-state index in [4.69, 9.17) is 10.5 Å². The van der Waals surface area contributed by atoms with Gasteiger partial charge in [0.05, 0.1) is 12.7 Å². The summed E-state index contributed by atoms with van der Waals surface area (Å²) in [4.78, 5) is 11.9. The normalized spacial score (nSPS) is 13.8. The Balaban J connectivity index is 2.75. The maximum absolute atomic E-state index is 11.9. The van der Waals surface area contributed by atoms with Gasteiger partial charge in [0, 0.05) is 23.9 Å². The van der Waals surface area contributed by atoms with E-state index in [-0.39, 0.29) is 12.5 Å². The molecule has 0 heterocycles. The molecule has 1 unspecified atom stereocenters. The average molecular weight is 252 g/mol. The summed E-state index contributed by atoms with van der Waals surface area (Å²) in [6, 6.07) is 4.81. The Labute approximate surface area is 107 Å². The summed E-state index contributed by atoms with van der Waals surface area (Å²) in [5, 5.41) is 12.5. The maximum Gasteiger partial charge on any atom is 0.251 e. The van der Waals surface area contributed by atoms with Gasteiger partial charge in [-0.3, -0.25) is 4.79 Å². The van der Waals surface area contributed by atoms with Gasteiger partial charge in [0.15, 0.2) is 0 Å². The monoisotopic (exact) mass is 252 g/mol. The van der Waals surface area contributed by atoms with Crippen molar-refractivity contribution < 1.29 is 14.6 Å². The van der Waals surface area contributed by atoms with E-state index in [9.17, 15) is 9.90 Å². The minimum Gasteiger partial charge on any atom is -0.497 e. The van der Waals surface area contributed by atoms with Crippen LogP contribution in [0.1, 0.15) is 30.6 Å². The molecule has 0 saturated heterocycles. The van der Waals surface area contributed by atoms with Crippen LogP contribution in [0.3, 0.4) is 0 Å². The smallest absolute Gasteiger partial charge is 0.251 e. The number of methoxy groups -OCH3 is 1. The number of carbonyl (C=O) groups excluding carboxylic acids is 1. The fraction of sp³-hybridized carbons (Fsp3) is 0.462. The number of nitrogens with two attached hydrogens (primary N) is 1. The van der Waals surface area contributed by atoms with Crippen LogP contribution in [0.15, 0.2) is 18.2 Å². The number of benzene rings is 1. The van der Waals surface area contributed by atoms with E-state index in [1.807, 2.05) is 6.92 Å². The summed E-state index contributed by atoms with van der Waals surface area (Å²) in [5.74, 6) is 0.247. The number of rotatable bonds is 5. The van der Waals surface area contributed by atoms with Crippen molar-refractivity contribution in [1.82, 2.24) is 5.32 Å². The molecule has 18 heavy (non-hydrogen) atoms. The quantitative estimate of drug-likeness (QED) is 0.687. The molecule has 1 aromatic rings. The third kappa shape index (κ3) is 3.92. The van der Waals surface area contributed by atoms with Crippen molar-refractivity contribution >= 4 is 11.6 Å². The number of nitrogens with one attached hydrogen (secondary N) is 1. The molecule has 0 aliphatic carbocycles. The highest BCUT2D eigenvalue weighted by atomic mass is 16.5. The first kappa shape index (κ1) is 14.3. The fourth-order valence-electron chi connectivity index (χ4n) is 1.37. The molecule has 0 aliphatic rings. The van der Waals surface area contributed by atoms with Gasteiger partial charge in [0.25, 0.3) is 5.91 Å². The third-order valence-corrected chi connectivity index (χ3v) is 2.82. The number of amides is 1. The minimum atomic E-state index is -0.903. The Morgan fingerprint density at radius 2 is 2.17 bits per heavy atom. The number of hydrogen-bond acceptors (Lipinski definition) is 4. The number of nitrogen functional groups attached to an aromatic ring is 1. The summed E-state index contributed by atoms with van der Waals surface area (Å²) < 4.78 is 5.04. The molecule has 1 rings (SSSR count). The largest absolute Gasteiger partial charge is 0.497 e. The highest BCUT2D eigenvalue weighted by Gasteiger charge is 2.19. The van der Waals surface area contributed by atoms with Gasteiger partial charge in [-0.1, -0.05) is 6.92 Å². The van der Waals surface area contributed by atoms with Gasteiger partial charge in [0.2, 0.25) is 0 Å². The highest BCUT2D eigenvalue weighted by molar-refractivity contribution is 5.95. The molecule has 5 nitrogen and oxygen atoms in total. The van der Waals surface area contributed by atoms with E-state index in [2.05, 4.69) is 5.32 Å². The molecule has 1 atom stereocenters. The zero-order chi connectivity index (χ0) is 13.8. The Bertz CT molecular complexity index is 430. The van der Waals surface area contributed by atoms with E-state index in [0.29, 0.717) is 23.4 Å². The van der Waals surface area contributed by atoms with Gasteiger partial charge >= 0.3 is 0 Å². The van der Waals surface area contributed by atoms with Crippen molar-refractivity contribution in [2.24, 2.45) is 0 Å². The molecule has 100 valence electrons. The lowest BCUT2D eigenvalue weighted by molar-refractivity contribution is 0.0518. The molecule has 0 aromatic heterocycles. The van der Waals surface area contributed by atoms with Crippen molar-refractivity contribution in [2.75, 3.05) is 19.4 Å². The fourth-order valence-corrected chi connectivity index (χ4v) is 1.37. The van der Waals surface area contributed by atoms with Gasteiger partial charge in [0.1, 0.15) is 5.75 Å². The van der Waals surface area contributed by atoms with Crippen molar-refractivity contribution in [3.05, 3.63) is 23.8 Å². The molecule has 0 aliphatic heterocycles. The number of aliphatic hydroxyl groups is 1. The summed E-state index contributed by atoms with van der Waals surface area (Å²) in [5.41, 5.74) is 5.64. The SMILES string of the molecule is CCC(C)(O)CNC(=O)c1cc(N)cc(OC)c1. The van der Waals surface area contributed by atoms with Gasteiger partial charge in [-0.05, 0) is 25.5 Å². The van der Waals surface area contributed by atoms with Crippen molar-refractivity contribution in [1.29, 1.82) is 0 Å². The number of hydrogen-bond donors (Lipinski definition) is 3. The number of carbonyl (C=O) groups is 1. The second kappa shape index (κ2) is 5.73. The molecular formula is C13H20N2O3. The molecule has 0 radical (unpaired) electrons. The zero-order valence-electron chi connectivity index (χ0n) is 11.0. The third-order valence-electron chi connectivity index (χ3n) is 2.82. The van der Waals surface area contributed by atoms with E-state index in [0.717, 1.165) is 0 Å². The Hall–Kier alpha value is -1.75. The minimum absolute atomic E-state index is 0.194. The molecule has 0 bridgehead atoms. The first-order valence-corrected chi connectivity index (χ1v) is 5.83. The maximum atomic E-state index is 11.9. The second-order valence-corrected chi connectivity index (χ2v) is 4.53. The summed E-state index contributed by atoms with van der Waals surface area (Å²) in [7, 11) is 1.51. The molecule has 0 fully saturated rings. The van der Waals surface area contributed by atoms with Crippen LogP contribution in [0, 0.1) is 0 Å². The van der Waals surface area contributed by atoms with Crippen LogP contribution in [0.5, 0.6) is 5.75 Å². The lowest BCUT2D eigenvalue weighted by atomic mass is 10.0. The Morgan fingerprint density at radius 3 is 2.72 bits per heavy atom. The van der Waals surface area contributed by atoms with Crippen LogP contribution in [-0.4, -0.2) is 30.3 Å². The Kier molecular flexibility index (Phi) is 4.55. The van der Waals surface area contributed by atoms with E-state index in [1.165, 1.54) is 7.11 Å². The molecule has 1 amide bonds. The van der Waals surface area contributed by atoms with Crippen LogP contribution < -0.4 is 15.8 Å². The van der Waals surface area contributed by atoms with Crippen LogP contribution in [0.25, 0.3) is 0 Å². The van der Waals surface area contributed by atoms with Crippen molar-refractivity contribution in [2.45, 2.75) is 25.9 Å². The molecule has 0 saturated carbocycles. The van der Waals surface area contributed by atoms with Crippen LogP contribution in [0.4, 0.5) is 5.69 Å². The van der Waals surface area contributed by atoms with Crippen molar-refractivity contribution in [3.63, 3.8) is 0 Å². The average Bonchev–Trinajstić information content (AvgIpc) is 2.35. The molecule has 1 aromatic carbocycles. The van der Waals surface area contributed by atoms with Gasteiger partial charge in [-0.25, -0.2) is 0 Å². The summed E-state index contributed by atoms with van der Waals surface area (Å²) >= 11 is 0. The standard InChI is InChI=1S/C13H20N2O3/c1-4-13(2,17)8-15-12(16)9-5-10(14)7-11(6-9)18-3/h5-7,17H,4,8,14H2,1-3H3,(H,15,16). The second-order valence-electron chi connectivity index (χ2n) is 4.53. The van der Waals surface area contributed by atoms with Crippen molar-refractivity contribution in [3.8, 4) is 5.75 Å². The molecule has 4 N–H and O–H groups in total. The number of ether oxygens (including phenoxy) is 1. The summed E-state index contributed by atoms with van der Waals surface area (Å²) in [6.07, 6.45) is 0.563. The van der Waals surface area contributed by atoms with E-state index in [1.54, 1.807) is 25.1 Å². The Morgan fingerprint density at radius 1 is 1.50 bits per heavy atom. The topological polar surface area (TPSA) is 84.6 Å². The van der Waals surface area contributed by atoms with Crippen LogP contribution in [0.2, 0.25) is 0 Å². The molecule has 0 spiro atoms. The summed E-state index contributed by atoms with van der Waals surface area (Å²) in [6.45, 7) is 3.72. The predicted octanol–water partition coefficient (Wildman–Crippen LogP) is 1.17. The first-order valence-electron chi connectivity index (χ1n) is 5.83. The van der Waals surface area contributed by atoms with Gasteiger partial charge in [-0.15, -0.1) is 0 Å². The lowest BCUT2D eigenvalue weighted by Crippen LogP contribution is -2.40. The van der Waals surface area contributed by atoms with Crippen LogP contribution >= 0.6 is 0 Å². The van der Waals surface area contributed by atoms with Gasteiger partial charge in [-0.2, -0.15) is 0 Å². The van der Waals surface area contributed by atoms with Crippen LogP contribution in [-0.2, 0) is 0 Å². The van der Waals surface area contributed by atoms with E-state index < -0.39 is 5.60 Å². The first-order chi connectivity index (χ1) is 8.38. The van der Waals surface area contributed by atoms with E-state index >= 15 is 0 Å². The zero-order valence-corrected chi connectivity index (χ0v) is 11.0. The molecular weight excluding hydrogens is 232 g/mol. The van der Waals surface area contributed by atoms with Gasteiger partial charge < -0.3 is 20.9 Å². The number of anilines is 1. The predicted molar refractivity (Wildman–Crippen MR) is 70.7 cm³/mol. The highest BCUT2D eigenvalue weighted by Crippen LogP contribution is 2.18. The molecule has 5 heteroatoms. The lowest BCUT2D eigenvalue weighted by Gasteiger charge is -2.21.